The Balaban J connectivity index is 1.40. The van der Waals surface area contributed by atoms with Crippen LogP contribution in [0.5, 0.6) is 0 Å². The fraction of sp³-hybridized carbons (Fsp3) is 0.173. The molecule has 1 N–H and O–H groups in total. The number of nitriles is 1. The third-order valence-electron chi connectivity index (χ3n) is 12.2. The minimum atomic E-state index is -0.446. The van der Waals surface area contributed by atoms with Crippen molar-refractivity contribution in [3.8, 4) is 28.3 Å². The molecule has 282 valence electrons. The Morgan fingerprint density at radius 3 is 1.62 bits per heavy atom. The van der Waals surface area contributed by atoms with Crippen molar-refractivity contribution in [2.24, 2.45) is 0 Å². The Morgan fingerprint density at radius 1 is 0.603 bits per heavy atom. The predicted molar refractivity (Wildman–Crippen MR) is 241 cm³/mol. The Bertz CT molecular complexity index is 2830. The third-order valence-corrected chi connectivity index (χ3v) is 14.5. The monoisotopic (exact) mass is 786 g/mol. The average Bonchev–Trinajstić information content (AvgIpc) is 4.09. The van der Waals surface area contributed by atoms with E-state index in [1.807, 2.05) is 35.7 Å². The molecule has 7 aromatic rings. The van der Waals surface area contributed by atoms with E-state index in [1.54, 1.807) is 0 Å². The van der Waals surface area contributed by atoms with Gasteiger partial charge < -0.3 is 15.1 Å². The summed E-state index contributed by atoms with van der Waals surface area (Å²) in [6, 6.07) is 54.1. The Morgan fingerprint density at radius 2 is 1.09 bits per heavy atom. The fourth-order valence-corrected chi connectivity index (χ4v) is 11.7. The number of anilines is 6. The molecule has 7 aromatic carbocycles. The minimum absolute atomic E-state index is 0.323. The van der Waals surface area contributed by atoms with Crippen LogP contribution in [0.25, 0.3) is 22.3 Å². The molecule has 0 spiro atoms. The normalized spacial score (nSPS) is 16.7. The molecule has 1 unspecified atom stereocenters. The first kappa shape index (κ1) is 35.5. The van der Waals surface area contributed by atoms with E-state index in [0.717, 1.165) is 12.1 Å². The van der Waals surface area contributed by atoms with Gasteiger partial charge in [-0.1, -0.05) is 143 Å². The van der Waals surface area contributed by atoms with E-state index < -0.39 is 5.41 Å². The van der Waals surface area contributed by atoms with Crippen LogP contribution < -0.4 is 15.1 Å². The molecular formula is C52H42N4S2. The highest BCUT2D eigenvalue weighted by atomic mass is 32.2. The molecular weight excluding hydrogens is 745 g/mol. The maximum atomic E-state index is 10.0. The number of benzene rings is 7. The summed E-state index contributed by atoms with van der Waals surface area (Å²) in [5.41, 5.74) is 17.1. The lowest BCUT2D eigenvalue weighted by Gasteiger charge is -2.50. The molecule has 58 heavy (non-hydrogen) atoms. The van der Waals surface area contributed by atoms with Crippen LogP contribution in [0.4, 0.5) is 34.1 Å². The van der Waals surface area contributed by atoms with Gasteiger partial charge in [0.05, 0.1) is 45.8 Å². The summed E-state index contributed by atoms with van der Waals surface area (Å²) in [5, 5.41) is 13.5. The quantitative estimate of drug-likeness (QED) is 0.179. The van der Waals surface area contributed by atoms with Crippen LogP contribution in [0, 0.1) is 11.3 Å². The molecule has 1 atom stereocenters. The van der Waals surface area contributed by atoms with Crippen molar-refractivity contribution in [1.29, 1.82) is 5.26 Å². The van der Waals surface area contributed by atoms with Gasteiger partial charge in [-0.3, -0.25) is 0 Å². The van der Waals surface area contributed by atoms with Gasteiger partial charge in [-0.25, -0.2) is 0 Å². The number of hydrogen-bond acceptors (Lipinski definition) is 6. The van der Waals surface area contributed by atoms with Crippen molar-refractivity contribution >= 4 is 57.6 Å². The third kappa shape index (κ3) is 5.27. The van der Waals surface area contributed by atoms with Gasteiger partial charge in [0.15, 0.2) is 0 Å². The lowest BCUT2D eigenvalue weighted by atomic mass is 9.66. The lowest BCUT2D eigenvalue weighted by molar-refractivity contribution is 0.589. The van der Waals surface area contributed by atoms with Crippen molar-refractivity contribution in [2.45, 2.75) is 71.1 Å². The number of nitrogens with one attached hydrogen (secondary N) is 1. The van der Waals surface area contributed by atoms with Crippen molar-refractivity contribution in [2.75, 3.05) is 16.3 Å². The lowest BCUT2D eigenvalue weighted by Crippen LogP contribution is -2.36. The zero-order chi connectivity index (χ0) is 39.5. The van der Waals surface area contributed by atoms with Gasteiger partial charge in [-0.2, -0.15) is 5.26 Å². The molecule has 11 rings (SSSR count). The van der Waals surface area contributed by atoms with Crippen LogP contribution in [0.15, 0.2) is 159 Å². The number of hydrogen-bond donors (Lipinski definition) is 1. The largest absolute Gasteiger partial charge is 0.307 e. The molecule has 4 aliphatic heterocycles. The molecule has 0 radical (unpaired) electrons. The molecule has 4 aliphatic rings. The first-order chi connectivity index (χ1) is 28.1. The van der Waals surface area contributed by atoms with E-state index in [9.17, 15) is 5.26 Å². The van der Waals surface area contributed by atoms with E-state index in [4.69, 9.17) is 0 Å². The molecule has 0 aliphatic carbocycles. The SMILES string of the molecule is CC(C)(C)c1c(-c2ccc(C#N)cc2)c(N2c3ccccc3Sc3ccccc32)c2c(c1-c1ccc(C3CN3)cc1)N1c3ccccc3Sc3cccc(c31)C2(C)C. The van der Waals surface area contributed by atoms with Gasteiger partial charge in [0.25, 0.3) is 0 Å². The number of nitrogens with zero attached hydrogens (tertiary/aromatic N) is 3. The van der Waals surface area contributed by atoms with Crippen molar-refractivity contribution in [3.63, 3.8) is 0 Å². The van der Waals surface area contributed by atoms with Crippen LogP contribution in [0.3, 0.4) is 0 Å². The molecule has 1 saturated heterocycles. The van der Waals surface area contributed by atoms with E-state index in [1.165, 1.54) is 92.7 Å². The van der Waals surface area contributed by atoms with Gasteiger partial charge in [-0.05, 0) is 87.8 Å². The van der Waals surface area contributed by atoms with Crippen molar-refractivity contribution < 1.29 is 0 Å². The zero-order valence-electron chi connectivity index (χ0n) is 33.2. The van der Waals surface area contributed by atoms with Crippen LogP contribution in [-0.4, -0.2) is 6.54 Å². The average molecular weight is 787 g/mol. The molecule has 6 heteroatoms. The summed E-state index contributed by atoms with van der Waals surface area (Å²) in [6.07, 6.45) is 0. The molecule has 4 nitrogen and oxygen atoms in total. The highest BCUT2D eigenvalue weighted by molar-refractivity contribution is 8.00. The van der Waals surface area contributed by atoms with Gasteiger partial charge >= 0.3 is 0 Å². The summed E-state index contributed by atoms with van der Waals surface area (Å²) >= 11 is 3.72. The Hall–Kier alpha value is -5.71. The van der Waals surface area contributed by atoms with Gasteiger partial charge in [0.1, 0.15) is 0 Å². The van der Waals surface area contributed by atoms with E-state index >= 15 is 0 Å². The molecule has 1 fully saturated rings. The minimum Gasteiger partial charge on any atom is -0.307 e. The second kappa shape index (κ2) is 12.9. The summed E-state index contributed by atoms with van der Waals surface area (Å²) in [7, 11) is 0. The highest BCUT2D eigenvalue weighted by Gasteiger charge is 2.48. The number of fused-ring (bicyclic) bond motifs is 6. The smallest absolute Gasteiger partial charge is 0.0991 e. The second-order valence-electron chi connectivity index (χ2n) is 17.3. The van der Waals surface area contributed by atoms with Crippen molar-refractivity contribution in [3.05, 3.63) is 167 Å². The summed E-state index contributed by atoms with van der Waals surface area (Å²) < 4.78 is 0. The van der Waals surface area contributed by atoms with Crippen LogP contribution in [0.2, 0.25) is 0 Å². The molecule has 0 aromatic heterocycles. The van der Waals surface area contributed by atoms with Crippen LogP contribution >= 0.6 is 23.5 Å². The molecule has 0 amide bonds. The van der Waals surface area contributed by atoms with Gasteiger partial charge in [0, 0.05) is 54.3 Å². The number of rotatable bonds is 4. The Labute approximate surface area is 349 Å². The highest BCUT2D eigenvalue weighted by Crippen LogP contribution is 2.68. The van der Waals surface area contributed by atoms with Crippen molar-refractivity contribution in [1.82, 2.24) is 5.32 Å². The van der Waals surface area contributed by atoms with E-state index in [2.05, 4.69) is 183 Å². The summed E-state index contributed by atoms with van der Waals surface area (Å²) in [6.45, 7) is 13.0. The van der Waals surface area contributed by atoms with E-state index in [-0.39, 0.29) is 5.41 Å². The summed E-state index contributed by atoms with van der Waals surface area (Å²) in [4.78, 5) is 10.2. The fourth-order valence-electron chi connectivity index (χ4n) is 9.58. The molecule has 0 saturated carbocycles. The molecule has 0 bridgehead atoms. The molecule has 4 heterocycles. The zero-order valence-corrected chi connectivity index (χ0v) is 34.9. The first-order valence-corrected chi connectivity index (χ1v) is 21.7. The summed E-state index contributed by atoms with van der Waals surface area (Å²) in [5.74, 6) is 0. The van der Waals surface area contributed by atoms with Gasteiger partial charge in [-0.15, -0.1) is 0 Å². The topological polar surface area (TPSA) is 52.2 Å². The maximum absolute atomic E-state index is 10.0. The second-order valence-corrected chi connectivity index (χ2v) is 19.4. The first-order valence-electron chi connectivity index (χ1n) is 20.1. The number of para-hydroxylation sites is 4. The Kier molecular flexibility index (Phi) is 7.88. The standard InChI is InChI=1S/C52H42N4S2/c1-51(2,3)46-44(33-23-21-31(29-53)22-24-33)49(55-37-14-6-9-17-40(37)57-41-18-10-7-15-38(41)55)47-50(45(46)34-27-25-32(26-28-34)36-30-54-36)56-39-16-8-11-19-42(39)58-43-20-12-13-35(48(43)56)52(47,4)5/h6-28,36,54H,30H2,1-5H3. The van der Waals surface area contributed by atoms with E-state index in [0.29, 0.717) is 11.6 Å². The predicted octanol–water partition coefficient (Wildman–Crippen LogP) is 14.3. The van der Waals surface area contributed by atoms with Crippen LogP contribution in [-0.2, 0) is 10.8 Å². The van der Waals surface area contributed by atoms with Gasteiger partial charge in [0.2, 0.25) is 0 Å². The van der Waals surface area contributed by atoms with Crippen LogP contribution in [0.1, 0.15) is 68.5 Å². The maximum Gasteiger partial charge on any atom is 0.0991 e.